The Morgan fingerprint density at radius 2 is 1.53 bits per heavy atom. The van der Waals surface area contributed by atoms with Crippen molar-refractivity contribution in [1.82, 2.24) is 10.3 Å². The summed E-state index contributed by atoms with van der Waals surface area (Å²) in [6.45, 7) is 2.28. The first-order valence-corrected chi connectivity index (χ1v) is 12.0. The van der Waals surface area contributed by atoms with E-state index in [2.05, 4.69) is 28.6 Å². The number of aromatic nitrogens is 1. The molecule has 0 bridgehead atoms. The normalized spacial score (nSPS) is 17.9. The molecule has 0 aliphatic heterocycles. The molecule has 4 aromatic rings. The van der Waals surface area contributed by atoms with Crippen LogP contribution in [0.3, 0.4) is 0 Å². The van der Waals surface area contributed by atoms with Gasteiger partial charge in [-0.2, -0.15) is 0 Å². The largest absolute Gasteiger partial charge is 0.355 e. The Morgan fingerprint density at radius 1 is 0.794 bits per heavy atom. The number of carbonyl (C=O) groups excluding carboxylic acids is 2. The number of aromatic amines is 1. The van der Waals surface area contributed by atoms with E-state index in [4.69, 9.17) is 0 Å². The first-order chi connectivity index (χ1) is 16.5. The lowest BCUT2D eigenvalue weighted by molar-refractivity contribution is 0.0922. The molecule has 2 amide bonds. The van der Waals surface area contributed by atoms with Crippen molar-refractivity contribution in [3.05, 3.63) is 90.0 Å². The van der Waals surface area contributed by atoms with Crippen molar-refractivity contribution < 1.29 is 9.59 Å². The summed E-state index contributed by atoms with van der Waals surface area (Å²) < 4.78 is 0. The van der Waals surface area contributed by atoms with Crippen LogP contribution in [-0.2, 0) is 0 Å². The molecular weight excluding hydrogens is 422 g/mol. The smallest absolute Gasteiger partial charge is 0.255 e. The molecule has 3 aromatic carbocycles. The molecule has 5 heteroatoms. The van der Waals surface area contributed by atoms with Crippen molar-refractivity contribution in [2.24, 2.45) is 5.92 Å². The standard InChI is InChI=1S/C29H29N3O2/c1-19-7-12-24(13-8-19)31-29(34)22-11-16-26-23(17-22)18-27(32-26)20-9-14-25(15-10-20)30-28(33)21-5-3-2-4-6-21/h2-6,9-11,14-19,24,32H,7-8,12-13H2,1H3,(H,30,33)(H,31,34). The molecule has 1 aliphatic carbocycles. The number of H-pyrrole nitrogens is 1. The lowest BCUT2D eigenvalue weighted by atomic mass is 9.87. The highest BCUT2D eigenvalue weighted by Gasteiger charge is 2.20. The fourth-order valence-electron chi connectivity index (χ4n) is 4.63. The molecule has 34 heavy (non-hydrogen) atoms. The maximum Gasteiger partial charge on any atom is 0.255 e. The van der Waals surface area contributed by atoms with Crippen molar-refractivity contribution in [1.29, 1.82) is 0 Å². The topological polar surface area (TPSA) is 74.0 Å². The van der Waals surface area contributed by atoms with Gasteiger partial charge in [0.2, 0.25) is 0 Å². The summed E-state index contributed by atoms with van der Waals surface area (Å²) in [6, 6.07) is 25.0. The Hall–Kier alpha value is -3.86. The van der Waals surface area contributed by atoms with Gasteiger partial charge in [0.05, 0.1) is 0 Å². The number of nitrogens with one attached hydrogen (secondary N) is 3. The molecule has 5 rings (SSSR count). The first kappa shape index (κ1) is 22.0. The van der Waals surface area contributed by atoms with Gasteiger partial charge in [-0.3, -0.25) is 9.59 Å². The van der Waals surface area contributed by atoms with Crippen LogP contribution in [0.5, 0.6) is 0 Å². The molecule has 1 aliphatic rings. The van der Waals surface area contributed by atoms with Gasteiger partial charge in [-0.15, -0.1) is 0 Å². The van der Waals surface area contributed by atoms with Crippen LogP contribution >= 0.6 is 0 Å². The molecule has 1 aromatic heterocycles. The Morgan fingerprint density at radius 3 is 2.26 bits per heavy atom. The van der Waals surface area contributed by atoms with Crippen molar-refractivity contribution in [2.45, 2.75) is 38.6 Å². The minimum absolute atomic E-state index is 0.00251. The van der Waals surface area contributed by atoms with Gasteiger partial charge >= 0.3 is 0 Å². The van der Waals surface area contributed by atoms with E-state index in [9.17, 15) is 9.59 Å². The highest BCUT2D eigenvalue weighted by molar-refractivity contribution is 6.04. The molecule has 0 spiro atoms. The third-order valence-electron chi connectivity index (χ3n) is 6.72. The second-order valence-corrected chi connectivity index (χ2v) is 9.31. The summed E-state index contributed by atoms with van der Waals surface area (Å²) in [5.74, 6) is 0.632. The van der Waals surface area contributed by atoms with Crippen LogP contribution in [-0.4, -0.2) is 22.8 Å². The zero-order chi connectivity index (χ0) is 23.5. The van der Waals surface area contributed by atoms with E-state index in [-0.39, 0.29) is 17.9 Å². The number of rotatable bonds is 5. The predicted octanol–water partition coefficient (Wildman–Crippen LogP) is 6.40. The van der Waals surface area contributed by atoms with Crippen LogP contribution in [0, 0.1) is 5.92 Å². The minimum Gasteiger partial charge on any atom is -0.355 e. The molecule has 0 atom stereocenters. The van der Waals surface area contributed by atoms with Crippen molar-refractivity contribution in [3.8, 4) is 11.3 Å². The predicted molar refractivity (Wildman–Crippen MR) is 137 cm³/mol. The van der Waals surface area contributed by atoms with E-state index in [0.717, 1.165) is 46.6 Å². The number of hydrogen-bond donors (Lipinski definition) is 3. The van der Waals surface area contributed by atoms with E-state index in [0.29, 0.717) is 11.1 Å². The Kier molecular flexibility index (Phi) is 6.17. The molecular formula is C29H29N3O2. The van der Waals surface area contributed by atoms with Gasteiger partial charge in [0.25, 0.3) is 11.8 Å². The fraction of sp³-hybridized carbons (Fsp3) is 0.241. The Labute approximate surface area is 199 Å². The van der Waals surface area contributed by atoms with Gasteiger partial charge in [-0.25, -0.2) is 0 Å². The van der Waals surface area contributed by atoms with Crippen LogP contribution in [0.25, 0.3) is 22.2 Å². The van der Waals surface area contributed by atoms with E-state index >= 15 is 0 Å². The van der Waals surface area contributed by atoms with Crippen LogP contribution in [0.1, 0.15) is 53.3 Å². The maximum atomic E-state index is 12.8. The van der Waals surface area contributed by atoms with Crippen LogP contribution in [0.4, 0.5) is 5.69 Å². The van der Waals surface area contributed by atoms with Gasteiger partial charge in [0, 0.05) is 39.5 Å². The average molecular weight is 452 g/mol. The number of benzene rings is 3. The number of carbonyl (C=O) groups is 2. The van der Waals surface area contributed by atoms with E-state index in [1.54, 1.807) is 12.1 Å². The maximum absolute atomic E-state index is 12.8. The van der Waals surface area contributed by atoms with Crippen LogP contribution in [0.15, 0.2) is 78.9 Å². The monoisotopic (exact) mass is 451 g/mol. The SMILES string of the molecule is CC1CCC(NC(=O)c2ccc3[nH]c(-c4ccc(NC(=O)c5ccccc5)cc4)cc3c2)CC1. The molecule has 0 unspecified atom stereocenters. The molecule has 1 heterocycles. The summed E-state index contributed by atoms with van der Waals surface area (Å²) in [5, 5.41) is 7.14. The Bertz CT molecular complexity index is 1300. The number of fused-ring (bicyclic) bond motifs is 1. The van der Waals surface area contributed by atoms with Gasteiger partial charge in [-0.1, -0.05) is 37.3 Å². The molecule has 3 N–H and O–H groups in total. The number of hydrogen-bond acceptors (Lipinski definition) is 2. The van der Waals surface area contributed by atoms with Gasteiger partial charge < -0.3 is 15.6 Å². The number of amides is 2. The highest BCUT2D eigenvalue weighted by Crippen LogP contribution is 2.27. The van der Waals surface area contributed by atoms with Crippen molar-refractivity contribution in [2.75, 3.05) is 5.32 Å². The molecule has 5 nitrogen and oxygen atoms in total. The highest BCUT2D eigenvalue weighted by atomic mass is 16.2. The summed E-state index contributed by atoms with van der Waals surface area (Å²) in [4.78, 5) is 28.6. The molecule has 0 saturated heterocycles. The molecule has 1 fully saturated rings. The number of anilines is 1. The zero-order valence-electron chi connectivity index (χ0n) is 19.3. The second kappa shape index (κ2) is 9.56. The van der Waals surface area contributed by atoms with Crippen LogP contribution in [0.2, 0.25) is 0 Å². The van der Waals surface area contributed by atoms with Crippen molar-refractivity contribution >= 4 is 28.4 Å². The quantitative estimate of drug-likeness (QED) is 0.329. The van der Waals surface area contributed by atoms with E-state index in [1.807, 2.05) is 60.7 Å². The summed E-state index contributed by atoms with van der Waals surface area (Å²) in [5.41, 5.74) is 5.02. The molecule has 172 valence electrons. The minimum atomic E-state index is -0.132. The average Bonchev–Trinajstić information content (AvgIpc) is 3.30. The third-order valence-corrected chi connectivity index (χ3v) is 6.72. The zero-order valence-corrected chi connectivity index (χ0v) is 19.3. The van der Waals surface area contributed by atoms with E-state index in [1.165, 1.54) is 12.8 Å². The van der Waals surface area contributed by atoms with Gasteiger partial charge in [0.1, 0.15) is 0 Å². The summed E-state index contributed by atoms with van der Waals surface area (Å²) >= 11 is 0. The Balaban J connectivity index is 1.28. The molecule has 0 radical (unpaired) electrons. The first-order valence-electron chi connectivity index (χ1n) is 12.0. The summed E-state index contributed by atoms with van der Waals surface area (Å²) in [6.07, 6.45) is 4.48. The van der Waals surface area contributed by atoms with Gasteiger partial charge in [-0.05, 0) is 85.7 Å². The summed E-state index contributed by atoms with van der Waals surface area (Å²) in [7, 11) is 0. The van der Waals surface area contributed by atoms with Crippen molar-refractivity contribution in [3.63, 3.8) is 0 Å². The third kappa shape index (κ3) is 4.88. The lowest BCUT2D eigenvalue weighted by Crippen LogP contribution is -2.37. The second-order valence-electron chi connectivity index (χ2n) is 9.31. The molecule has 1 saturated carbocycles. The lowest BCUT2D eigenvalue weighted by Gasteiger charge is -2.26. The van der Waals surface area contributed by atoms with E-state index < -0.39 is 0 Å². The van der Waals surface area contributed by atoms with Gasteiger partial charge in [0.15, 0.2) is 0 Å². The fourth-order valence-corrected chi connectivity index (χ4v) is 4.63. The van der Waals surface area contributed by atoms with Crippen LogP contribution < -0.4 is 10.6 Å².